The molecule has 1 saturated heterocycles. The maximum absolute atomic E-state index is 8.53. The Morgan fingerprint density at radius 3 is 2.44 bits per heavy atom. The lowest BCUT2D eigenvalue weighted by atomic mass is 10.0. The van der Waals surface area contributed by atoms with Crippen molar-refractivity contribution in [1.82, 2.24) is 9.97 Å². The van der Waals surface area contributed by atoms with Crippen LogP contribution in [0.5, 0.6) is 0 Å². The molecule has 6 nitrogen and oxygen atoms in total. The third-order valence-electron chi connectivity index (χ3n) is 4.88. The normalized spacial score (nSPS) is 14.2. The molecule has 0 radical (unpaired) electrons. The van der Waals surface area contributed by atoms with Gasteiger partial charge in [0.15, 0.2) is 0 Å². The Bertz CT molecular complexity index is 932. The standard InChI is InChI=1S/C21H22N6/c22-19-6-2-1-5-18(19)21(23)16-7-9-25-20(14-16)27-12-10-26(11-13-27)17-4-3-8-24-15-17/h1-9,14-15,23H,10-13,22H2. The fourth-order valence-electron chi connectivity index (χ4n) is 3.36. The Morgan fingerprint density at radius 1 is 0.926 bits per heavy atom. The maximum atomic E-state index is 8.53. The molecule has 0 saturated carbocycles. The molecular weight excluding hydrogens is 336 g/mol. The first kappa shape index (κ1) is 17.0. The van der Waals surface area contributed by atoms with Crippen molar-refractivity contribution >= 4 is 22.9 Å². The van der Waals surface area contributed by atoms with Gasteiger partial charge in [-0.3, -0.25) is 10.4 Å². The van der Waals surface area contributed by atoms with Crippen LogP contribution in [-0.4, -0.2) is 41.9 Å². The van der Waals surface area contributed by atoms with Gasteiger partial charge in [0.1, 0.15) is 5.82 Å². The molecule has 0 spiro atoms. The Kier molecular flexibility index (Phi) is 4.70. The fraction of sp³-hybridized carbons (Fsp3) is 0.190. The number of nitrogen functional groups attached to an aromatic ring is 1. The summed E-state index contributed by atoms with van der Waals surface area (Å²) in [5.41, 5.74) is 9.80. The van der Waals surface area contributed by atoms with Gasteiger partial charge in [-0.15, -0.1) is 0 Å². The van der Waals surface area contributed by atoms with E-state index < -0.39 is 0 Å². The van der Waals surface area contributed by atoms with Crippen molar-refractivity contribution < 1.29 is 0 Å². The largest absolute Gasteiger partial charge is 0.398 e. The minimum atomic E-state index is 0.422. The van der Waals surface area contributed by atoms with Crippen molar-refractivity contribution in [3.63, 3.8) is 0 Å². The lowest BCUT2D eigenvalue weighted by Crippen LogP contribution is -2.46. The van der Waals surface area contributed by atoms with E-state index in [4.69, 9.17) is 11.1 Å². The van der Waals surface area contributed by atoms with E-state index in [1.807, 2.05) is 48.7 Å². The van der Waals surface area contributed by atoms with E-state index >= 15 is 0 Å². The van der Waals surface area contributed by atoms with Gasteiger partial charge < -0.3 is 15.5 Å². The summed E-state index contributed by atoms with van der Waals surface area (Å²) in [7, 11) is 0. The van der Waals surface area contributed by atoms with Crippen molar-refractivity contribution in [3.8, 4) is 0 Å². The number of benzene rings is 1. The van der Waals surface area contributed by atoms with Crippen molar-refractivity contribution in [2.75, 3.05) is 41.7 Å². The molecule has 3 heterocycles. The predicted molar refractivity (Wildman–Crippen MR) is 110 cm³/mol. The number of rotatable bonds is 4. The number of para-hydroxylation sites is 1. The zero-order valence-corrected chi connectivity index (χ0v) is 15.0. The summed E-state index contributed by atoms with van der Waals surface area (Å²) in [6.45, 7) is 3.60. The highest BCUT2D eigenvalue weighted by Crippen LogP contribution is 2.21. The quantitative estimate of drug-likeness (QED) is 0.554. The first-order chi connectivity index (χ1) is 13.2. The van der Waals surface area contributed by atoms with Gasteiger partial charge in [-0.05, 0) is 30.3 Å². The van der Waals surface area contributed by atoms with Crippen LogP contribution in [0.15, 0.2) is 67.1 Å². The van der Waals surface area contributed by atoms with E-state index in [-0.39, 0.29) is 0 Å². The highest BCUT2D eigenvalue weighted by molar-refractivity contribution is 6.14. The van der Waals surface area contributed by atoms with Crippen LogP contribution in [0.4, 0.5) is 17.2 Å². The molecule has 0 amide bonds. The van der Waals surface area contributed by atoms with E-state index in [0.717, 1.165) is 48.8 Å². The Labute approximate surface area is 158 Å². The Hall–Kier alpha value is -3.41. The molecule has 1 aliphatic heterocycles. The molecule has 136 valence electrons. The second-order valence-electron chi connectivity index (χ2n) is 6.55. The van der Waals surface area contributed by atoms with Crippen LogP contribution in [0.2, 0.25) is 0 Å². The van der Waals surface area contributed by atoms with Crippen molar-refractivity contribution in [2.45, 2.75) is 0 Å². The van der Waals surface area contributed by atoms with Gasteiger partial charge in [-0.25, -0.2) is 4.98 Å². The number of nitrogens with zero attached hydrogens (tertiary/aromatic N) is 4. The van der Waals surface area contributed by atoms with Gasteiger partial charge in [0, 0.05) is 55.4 Å². The van der Waals surface area contributed by atoms with E-state index in [9.17, 15) is 0 Å². The molecule has 6 heteroatoms. The van der Waals surface area contributed by atoms with Crippen molar-refractivity contribution in [3.05, 3.63) is 78.2 Å². The van der Waals surface area contributed by atoms with E-state index in [0.29, 0.717) is 11.4 Å². The summed E-state index contributed by atoms with van der Waals surface area (Å²) < 4.78 is 0. The fourth-order valence-corrected chi connectivity index (χ4v) is 3.36. The lowest BCUT2D eigenvalue weighted by molar-refractivity contribution is 0.646. The topological polar surface area (TPSA) is 82.1 Å². The van der Waals surface area contributed by atoms with Gasteiger partial charge in [-0.2, -0.15) is 0 Å². The van der Waals surface area contributed by atoms with Crippen LogP contribution in [0.3, 0.4) is 0 Å². The van der Waals surface area contributed by atoms with Crippen LogP contribution < -0.4 is 15.5 Å². The Balaban J connectivity index is 1.49. The smallest absolute Gasteiger partial charge is 0.129 e. The van der Waals surface area contributed by atoms with Gasteiger partial charge in [0.05, 0.1) is 17.6 Å². The average Bonchev–Trinajstić information content (AvgIpc) is 2.74. The molecule has 27 heavy (non-hydrogen) atoms. The highest BCUT2D eigenvalue weighted by atomic mass is 15.3. The molecule has 2 aromatic heterocycles. The average molecular weight is 358 g/mol. The minimum absolute atomic E-state index is 0.422. The van der Waals surface area contributed by atoms with E-state index in [1.165, 1.54) is 0 Å². The summed E-state index contributed by atoms with van der Waals surface area (Å²) in [6.07, 6.45) is 5.47. The number of piperazine rings is 1. The molecule has 0 atom stereocenters. The van der Waals surface area contributed by atoms with Crippen LogP contribution in [0.25, 0.3) is 0 Å². The highest BCUT2D eigenvalue weighted by Gasteiger charge is 2.19. The zero-order chi connectivity index (χ0) is 18.6. The number of aromatic nitrogens is 2. The molecule has 1 fully saturated rings. The number of pyridine rings is 2. The summed E-state index contributed by atoms with van der Waals surface area (Å²) in [4.78, 5) is 13.3. The van der Waals surface area contributed by atoms with Crippen LogP contribution in [0, 0.1) is 5.41 Å². The summed E-state index contributed by atoms with van der Waals surface area (Å²) in [6, 6.07) is 15.4. The molecule has 1 aromatic carbocycles. The second-order valence-corrected chi connectivity index (χ2v) is 6.55. The third-order valence-corrected chi connectivity index (χ3v) is 4.88. The van der Waals surface area contributed by atoms with Gasteiger partial charge in [0.2, 0.25) is 0 Å². The molecule has 3 N–H and O–H groups in total. The minimum Gasteiger partial charge on any atom is -0.398 e. The molecular formula is C21H22N6. The number of anilines is 3. The van der Waals surface area contributed by atoms with E-state index in [1.54, 1.807) is 12.4 Å². The molecule has 0 aliphatic carbocycles. The summed E-state index contributed by atoms with van der Waals surface area (Å²) in [5.74, 6) is 0.901. The number of hydrogen-bond donors (Lipinski definition) is 2. The van der Waals surface area contributed by atoms with E-state index in [2.05, 4.69) is 25.8 Å². The molecule has 0 bridgehead atoms. The first-order valence-corrected chi connectivity index (χ1v) is 9.02. The van der Waals surface area contributed by atoms with Crippen LogP contribution in [-0.2, 0) is 0 Å². The van der Waals surface area contributed by atoms with Crippen LogP contribution >= 0.6 is 0 Å². The van der Waals surface area contributed by atoms with Crippen LogP contribution in [0.1, 0.15) is 11.1 Å². The van der Waals surface area contributed by atoms with Gasteiger partial charge >= 0.3 is 0 Å². The van der Waals surface area contributed by atoms with Crippen molar-refractivity contribution in [1.29, 1.82) is 5.41 Å². The van der Waals surface area contributed by atoms with Crippen molar-refractivity contribution in [2.24, 2.45) is 0 Å². The second kappa shape index (κ2) is 7.45. The Morgan fingerprint density at radius 2 is 1.70 bits per heavy atom. The summed E-state index contributed by atoms with van der Waals surface area (Å²) >= 11 is 0. The number of nitrogens with one attached hydrogen (secondary N) is 1. The monoisotopic (exact) mass is 358 g/mol. The zero-order valence-electron chi connectivity index (χ0n) is 15.0. The lowest BCUT2D eigenvalue weighted by Gasteiger charge is -2.36. The first-order valence-electron chi connectivity index (χ1n) is 9.02. The molecule has 0 unspecified atom stereocenters. The molecule has 4 rings (SSSR count). The number of nitrogens with two attached hydrogens (primary N) is 1. The number of hydrogen-bond acceptors (Lipinski definition) is 6. The predicted octanol–water partition coefficient (Wildman–Crippen LogP) is 2.80. The SMILES string of the molecule is N=C(c1ccnc(N2CCN(c3cccnc3)CC2)c1)c1ccccc1N. The van der Waals surface area contributed by atoms with Gasteiger partial charge in [0.25, 0.3) is 0 Å². The molecule has 1 aliphatic rings. The summed E-state index contributed by atoms with van der Waals surface area (Å²) in [5, 5.41) is 8.53. The van der Waals surface area contributed by atoms with Gasteiger partial charge in [-0.1, -0.05) is 18.2 Å². The molecule has 3 aromatic rings. The maximum Gasteiger partial charge on any atom is 0.129 e. The third kappa shape index (κ3) is 3.60.